The third kappa shape index (κ3) is 3.94. The van der Waals surface area contributed by atoms with E-state index in [1.54, 1.807) is 32.9 Å². The molecule has 0 saturated carbocycles. The van der Waals surface area contributed by atoms with Crippen molar-refractivity contribution < 1.29 is 14.1 Å². The largest absolute Gasteiger partial charge is 0.384 e. The second kappa shape index (κ2) is 7.55. The van der Waals surface area contributed by atoms with Crippen LogP contribution >= 0.6 is 0 Å². The molecule has 1 aromatic heterocycles. The summed E-state index contributed by atoms with van der Waals surface area (Å²) in [6.45, 7) is 4.91. The van der Waals surface area contributed by atoms with Crippen LogP contribution in [-0.4, -0.2) is 20.2 Å². The van der Waals surface area contributed by atoms with Crippen LogP contribution in [0.2, 0.25) is 0 Å². The van der Waals surface area contributed by atoms with Crippen molar-refractivity contribution in [1.82, 2.24) is 4.98 Å². The highest BCUT2D eigenvalue weighted by Gasteiger charge is 2.26. The molecule has 1 aromatic carbocycles. The van der Waals surface area contributed by atoms with Crippen molar-refractivity contribution in [1.29, 1.82) is 0 Å². The molecule has 1 amide bonds. The van der Waals surface area contributed by atoms with Gasteiger partial charge in [-0.05, 0) is 99.2 Å². The number of aromatic nitrogens is 1. The molecule has 0 radical (unpaired) electrons. The number of amides is 1. The van der Waals surface area contributed by atoms with Crippen LogP contribution in [0.15, 0.2) is 27.5 Å². The van der Waals surface area contributed by atoms with Gasteiger partial charge in [-0.15, -0.1) is 4.36 Å². The number of hydrogen-bond donors (Lipinski definition) is 2. The van der Waals surface area contributed by atoms with E-state index in [4.69, 9.17) is 5.14 Å². The molecular formula is C23H29N3O3S. The van der Waals surface area contributed by atoms with Crippen LogP contribution < -0.4 is 5.14 Å². The number of pyridine rings is 1. The molecule has 0 saturated heterocycles. The standard InChI is InChI=1S/C23H29N3O3S/c1-14-20(10-11-21(25-14)23(2,3)28)30(24,29)26-22(27)13-19-17-8-4-6-15(17)12-16-7-5-9-18(16)19/h10-12,28H,4-9,13H2,1-3H3,(H2,24,26,27,29). The highest BCUT2D eigenvalue weighted by atomic mass is 32.2. The van der Waals surface area contributed by atoms with Gasteiger partial charge < -0.3 is 5.11 Å². The Bertz CT molecular complexity index is 1120. The van der Waals surface area contributed by atoms with Gasteiger partial charge in [-0.1, -0.05) is 6.07 Å². The number of nitrogens with two attached hydrogens (primary N) is 1. The summed E-state index contributed by atoms with van der Waals surface area (Å²) >= 11 is 0. The van der Waals surface area contributed by atoms with Crippen molar-refractivity contribution >= 4 is 15.8 Å². The lowest BCUT2D eigenvalue weighted by Crippen LogP contribution is -2.21. The molecule has 160 valence electrons. The third-order valence-electron chi connectivity index (χ3n) is 6.14. The summed E-state index contributed by atoms with van der Waals surface area (Å²) in [5, 5.41) is 16.1. The lowest BCUT2D eigenvalue weighted by atomic mass is 9.92. The number of nitrogens with zero attached hydrogens (tertiary/aromatic N) is 2. The van der Waals surface area contributed by atoms with Gasteiger partial charge in [-0.25, -0.2) is 9.35 Å². The zero-order valence-electron chi connectivity index (χ0n) is 17.8. The average molecular weight is 428 g/mol. The minimum atomic E-state index is -3.42. The molecular weight excluding hydrogens is 398 g/mol. The summed E-state index contributed by atoms with van der Waals surface area (Å²) in [6.07, 6.45) is 6.48. The van der Waals surface area contributed by atoms with E-state index >= 15 is 0 Å². The Morgan fingerprint density at radius 2 is 1.77 bits per heavy atom. The van der Waals surface area contributed by atoms with Crippen LogP contribution in [-0.2, 0) is 52.4 Å². The first-order chi connectivity index (χ1) is 14.1. The van der Waals surface area contributed by atoms with E-state index in [0.29, 0.717) is 11.4 Å². The smallest absolute Gasteiger partial charge is 0.259 e. The van der Waals surface area contributed by atoms with Gasteiger partial charge in [0.15, 0.2) is 0 Å². The van der Waals surface area contributed by atoms with Crippen molar-refractivity contribution in [2.75, 3.05) is 0 Å². The van der Waals surface area contributed by atoms with Crippen molar-refractivity contribution in [3.63, 3.8) is 0 Å². The summed E-state index contributed by atoms with van der Waals surface area (Å²) in [5.41, 5.74) is 6.10. The predicted molar refractivity (Wildman–Crippen MR) is 116 cm³/mol. The highest BCUT2D eigenvalue weighted by molar-refractivity contribution is 7.91. The van der Waals surface area contributed by atoms with E-state index in [1.807, 2.05) is 0 Å². The molecule has 0 spiro atoms. The molecule has 4 rings (SSSR count). The van der Waals surface area contributed by atoms with Crippen molar-refractivity contribution in [3.05, 3.63) is 57.4 Å². The zero-order valence-corrected chi connectivity index (χ0v) is 18.6. The molecule has 2 aliphatic carbocycles. The van der Waals surface area contributed by atoms with Gasteiger partial charge in [-0.2, -0.15) is 0 Å². The fourth-order valence-corrected chi connectivity index (χ4v) is 5.93. The number of carbonyl (C=O) groups is 1. The molecule has 0 aliphatic heterocycles. The second-order valence-electron chi connectivity index (χ2n) is 8.91. The lowest BCUT2D eigenvalue weighted by Gasteiger charge is -2.18. The quantitative estimate of drug-likeness (QED) is 0.782. The van der Waals surface area contributed by atoms with Gasteiger partial charge in [-0.3, -0.25) is 9.78 Å². The Labute approximate surface area is 178 Å². The van der Waals surface area contributed by atoms with E-state index < -0.39 is 21.4 Å². The minimum absolute atomic E-state index is 0.147. The van der Waals surface area contributed by atoms with Gasteiger partial charge in [0.2, 0.25) is 0 Å². The molecule has 0 bridgehead atoms. The lowest BCUT2D eigenvalue weighted by molar-refractivity contribution is -0.117. The molecule has 6 nitrogen and oxygen atoms in total. The van der Waals surface area contributed by atoms with Crippen molar-refractivity contribution in [3.8, 4) is 0 Å². The molecule has 1 atom stereocenters. The number of aliphatic hydroxyl groups is 1. The van der Waals surface area contributed by atoms with Gasteiger partial charge >= 0.3 is 0 Å². The first-order valence-corrected chi connectivity index (χ1v) is 12.1. The van der Waals surface area contributed by atoms with E-state index in [-0.39, 0.29) is 11.3 Å². The van der Waals surface area contributed by atoms with Crippen LogP contribution in [0.1, 0.15) is 65.9 Å². The summed E-state index contributed by atoms with van der Waals surface area (Å²) < 4.78 is 17.1. The van der Waals surface area contributed by atoms with Crippen LogP contribution in [0, 0.1) is 6.92 Å². The Hall–Kier alpha value is -2.09. The van der Waals surface area contributed by atoms with E-state index in [1.165, 1.54) is 22.3 Å². The van der Waals surface area contributed by atoms with E-state index in [0.717, 1.165) is 44.1 Å². The van der Waals surface area contributed by atoms with Crippen LogP contribution in [0.25, 0.3) is 0 Å². The van der Waals surface area contributed by atoms with Gasteiger partial charge in [0.05, 0.1) is 22.7 Å². The Morgan fingerprint density at radius 1 is 1.17 bits per heavy atom. The van der Waals surface area contributed by atoms with Gasteiger partial charge in [0.25, 0.3) is 5.91 Å². The Balaban J connectivity index is 1.67. The Kier molecular flexibility index (Phi) is 5.33. The van der Waals surface area contributed by atoms with Gasteiger partial charge in [0.1, 0.15) is 15.5 Å². The highest BCUT2D eigenvalue weighted by Crippen LogP contribution is 2.35. The van der Waals surface area contributed by atoms with E-state index in [2.05, 4.69) is 15.4 Å². The molecule has 2 aromatic rings. The van der Waals surface area contributed by atoms with Gasteiger partial charge in [0, 0.05) is 0 Å². The summed E-state index contributed by atoms with van der Waals surface area (Å²) in [4.78, 5) is 17.4. The average Bonchev–Trinajstić information content (AvgIpc) is 3.28. The predicted octanol–water partition coefficient (Wildman–Crippen LogP) is 3.06. The molecule has 3 N–H and O–H groups in total. The first-order valence-electron chi connectivity index (χ1n) is 10.5. The maximum absolute atomic E-state index is 13.1. The van der Waals surface area contributed by atoms with Crippen LogP contribution in [0.3, 0.4) is 0 Å². The SMILES string of the molecule is Cc1nc(C(C)(C)O)ccc1S(N)(=O)=NC(=O)Cc1c2c(cc3c1CCC3)CCC2. The maximum atomic E-state index is 13.1. The number of rotatable bonds is 4. The first kappa shape index (κ1) is 21.2. The number of fused-ring (bicyclic) bond motifs is 2. The zero-order chi connectivity index (χ0) is 21.7. The Morgan fingerprint density at radius 3 is 2.30 bits per heavy atom. The third-order valence-corrected chi connectivity index (χ3v) is 7.68. The maximum Gasteiger partial charge on any atom is 0.259 e. The topological polar surface area (TPSA) is 106 Å². The number of benzene rings is 1. The molecule has 0 fully saturated rings. The number of aryl methyl sites for hydroxylation is 3. The molecule has 1 unspecified atom stereocenters. The molecule has 30 heavy (non-hydrogen) atoms. The summed E-state index contributed by atoms with van der Waals surface area (Å²) in [5.74, 6) is -0.456. The normalized spacial score (nSPS) is 17.4. The summed E-state index contributed by atoms with van der Waals surface area (Å²) in [6, 6.07) is 5.44. The van der Waals surface area contributed by atoms with Crippen molar-refractivity contribution in [2.24, 2.45) is 9.50 Å². The fraction of sp³-hybridized carbons (Fsp3) is 0.478. The molecule has 7 heteroatoms. The minimum Gasteiger partial charge on any atom is -0.384 e. The second-order valence-corrected chi connectivity index (χ2v) is 10.7. The number of hydrogen-bond acceptors (Lipinski definition) is 4. The molecule has 2 aliphatic rings. The van der Waals surface area contributed by atoms with E-state index in [9.17, 15) is 14.1 Å². The number of carbonyl (C=O) groups excluding carboxylic acids is 1. The monoisotopic (exact) mass is 427 g/mol. The fourth-order valence-electron chi connectivity index (χ4n) is 4.73. The summed E-state index contributed by atoms with van der Waals surface area (Å²) in [7, 11) is -3.42. The molecule has 1 heterocycles. The van der Waals surface area contributed by atoms with Crippen LogP contribution in [0.5, 0.6) is 0 Å². The van der Waals surface area contributed by atoms with Crippen molar-refractivity contribution in [2.45, 2.75) is 76.2 Å². The van der Waals surface area contributed by atoms with Crippen LogP contribution in [0.4, 0.5) is 0 Å².